The molecule has 0 atom stereocenters. The van der Waals surface area contributed by atoms with Gasteiger partial charge in [-0.25, -0.2) is 4.39 Å². The van der Waals surface area contributed by atoms with Gasteiger partial charge in [0.2, 0.25) is 0 Å². The number of hydrogen-bond acceptors (Lipinski definition) is 4. The minimum Gasteiger partial charge on any atom is -0.352 e. The van der Waals surface area contributed by atoms with Crippen molar-refractivity contribution >= 4 is 5.91 Å². The molecule has 0 saturated heterocycles. The molecule has 1 amide bonds. The van der Waals surface area contributed by atoms with Crippen LogP contribution in [0.2, 0.25) is 0 Å². The number of amides is 1. The molecule has 1 aromatic heterocycles. The number of carbonyl (C=O) groups excluding carboxylic acids is 1. The summed E-state index contributed by atoms with van der Waals surface area (Å²) < 4.78 is 14.6. The van der Waals surface area contributed by atoms with Gasteiger partial charge in [-0.3, -0.25) is 4.79 Å². The average molecular weight is 277 g/mol. The van der Waals surface area contributed by atoms with Crippen LogP contribution in [0.4, 0.5) is 4.39 Å². The minimum absolute atomic E-state index is 0.267. The van der Waals surface area contributed by atoms with Crippen molar-refractivity contribution in [3.63, 3.8) is 0 Å². The monoisotopic (exact) mass is 277 g/mol. The van der Waals surface area contributed by atoms with E-state index < -0.39 is 5.82 Å². The van der Waals surface area contributed by atoms with E-state index in [1.54, 1.807) is 0 Å². The van der Waals surface area contributed by atoms with Gasteiger partial charge in [-0.1, -0.05) is 13.8 Å². The van der Waals surface area contributed by atoms with Gasteiger partial charge >= 0.3 is 0 Å². The highest BCUT2D eigenvalue weighted by Gasteiger charge is 2.14. The van der Waals surface area contributed by atoms with Gasteiger partial charge in [0.15, 0.2) is 0 Å². The topological polar surface area (TPSA) is 72.7 Å². The third-order valence-corrected chi connectivity index (χ3v) is 2.81. The van der Waals surface area contributed by atoms with Crippen LogP contribution in [0.1, 0.15) is 30.6 Å². The molecule has 0 aliphatic heterocycles. The van der Waals surface area contributed by atoms with Crippen LogP contribution < -0.4 is 5.32 Å². The largest absolute Gasteiger partial charge is 0.352 e. The predicted molar refractivity (Wildman–Crippen MR) is 70.9 cm³/mol. The molecule has 6 nitrogen and oxygen atoms in total. The number of rotatable bonds is 5. The summed E-state index contributed by atoms with van der Waals surface area (Å²) in [5.74, 6) is -0.215. The minimum atomic E-state index is -0.450. The summed E-state index contributed by atoms with van der Waals surface area (Å²) in [5.41, 5.74) is 0.652. The second-order valence-corrected chi connectivity index (χ2v) is 4.85. The van der Waals surface area contributed by atoms with Crippen molar-refractivity contribution in [2.75, 3.05) is 6.54 Å². The molecule has 0 bridgehead atoms. The van der Waals surface area contributed by atoms with Crippen molar-refractivity contribution in [1.82, 2.24) is 25.5 Å². The Morgan fingerprint density at radius 3 is 2.90 bits per heavy atom. The maximum Gasteiger partial charge on any atom is 0.253 e. The standard InChI is InChI=1S/C13H16FN5O/c1-9(2)5-6-15-13(20)11-4-3-10(14)7-12(11)19-8-16-17-18-19/h3-4,7-9H,5-6H2,1-2H3,(H,15,20). The highest BCUT2D eigenvalue weighted by Crippen LogP contribution is 2.15. The van der Waals surface area contributed by atoms with Gasteiger partial charge in [-0.15, -0.1) is 5.10 Å². The van der Waals surface area contributed by atoms with E-state index >= 15 is 0 Å². The Morgan fingerprint density at radius 2 is 2.25 bits per heavy atom. The number of halogens is 1. The lowest BCUT2D eigenvalue weighted by Gasteiger charge is -2.10. The van der Waals surface area contributed by atoms with E-state index in [0.29, 0.717) is 23.7 Å². The van der Waals surface area contributed by atoms with Crippen LogP contribution in [-0.2, 0) is 0 Å². The van der Waals surface area contributed by atoms with Crippen LogP contribution in [0.5, 0.6) is 0 Å². The summed E-state index contributed by atoms with van der Waals surface area (Å²) in [4.78, 5) is 12.1. The molecular formula is C13H16FN5O. The van der Waals surface area contributed by atoms with Crippen LogP contribution in [0, 0.1) is 11.7 Å². The highest BCUT2D eigenvalue weighted by atomic mass is 19.1. The number of nitrogens with zero attached hydrogens (tertiary/aromatic N) is 4. The molecule has 0 aliphatic rings. The highest BCUT2D eigenvalue weighted by molar-refractivity contribution is 5.97. The Kier molecular flexibility index (Phi) is 4.39. The number of nitrogens with one attached hydrogen (secondary N) is 1. The van der Waals surface area contributed by atoms with Crippen molar-refractivity contribution in [2.24, 2.45) is 5.92 Å². The molecule has 0 unspecified atom stereocenters. The fourth-order valence-electron chi connectivity index (χ4n) is 1.73. The lowest BCUT2D eigenvalue weighted by molar-refractivity contribution is 0.0952. The van der Waals surface area contributed by atoms with Crippen LogP contribution >= 0.6 is 0 Å². The zero-order valence-electron chi connectivity index (χ0n) is 11.4. The molecule has 0 radical (unpaired) electrons. The maximum atomic E-state index is 13.3. The lowest BCUT2D eigenvalue weighted by atomic mass is 10.1. The Morgan fingerprint density at radius 1 is 1.45 bits per heavy atom. The maximum absolute atomic E-state index is 13.3. The Labute approximate surface area is 116 Å². The third-order valence-electron chi connectivity index (χ3n) is 2.81. The number of aromatic nitrogens is 4. The van der Waals surface area contributed by atoms with Crippen LogP contribution in [-0.4, -0.2) is 32.7 Å². The molecule has 0 saturated carbocycles. The van der Waals surface area contributed by atoms with Gasteiger partial charge < -0.3 is 5.32 Å². The van der Waals surface area contributed by atoms with Gasteiger partial charge in [0.25, 0.3) is 5.91 Å². The predicted octanol–water partition coefficient (Wildman–Crippen LogP) is 1.58. The molecule has 106 valence electrons. The smallest absolute Gasteiger partial charge is 0.253 e. The van der Waals surface area contributed by atoms with E-state index in [4.69, 9.17) is 0 Å². The molecule has 1 heterocycles. The third kappa shape index (κ3) is 3.37. The molecular weight excluding hydrogens is 261 g/mol. The summed E-state index contributed by atoms with van der Waals surface area (Å²) in [6.07, 6.45) is 2.20. The SMILES string of the molecule is CC(C)CCNC(=O)c1ccc(F)cc1-n1cnnn1. The van der Waals surface area contributed by atoms with Gasteiger partial charge in [-0.2, -0.15) is 4.68 Å². The normalized spacial score (nSPS) is 10.8. The van der Waals surface area contributed by atoms with E-state index in [1.165, 1.54) is 29.2 Å². The Bertz CT molecular complexity index is 582. The first-order chi connectivity index (χ1) is 9.58. The zero-order chi connectivity index (χ0) is 14.5. The molecule has 1 aromatic carbocycles. The summed E-state index contributed by atoms with van der Waals surface area (Å²) in [5, 5.41) is 13.5. The van der Waals surface area contributed by atoms with Crippen LogP contribution in [0.25, 0.3) is 5.69 Å². The van der Waals surface area contributed by atoms with Crippen molar-refractivity contribution in [1.29, 1.82) is 0 Å². The molecule has 20 heavy (non-hydrogen) atoms. The van der Waals surface area contributed by atoms with Gasteiger partial charge in [0.05, 0.1) is 11.3 Å². The van der Waals surface area contributed by atoms with E-state index in [-0.39, 0.29) is 5.91 Å². The van der Waals surface area contributed by atoms with Crippen LogP contribution in [0.15, 0.2) is 24.5 Å². The lowest BCUT2D eigenvalue weighted by Crippen LogP contribution is -2.26. The second-order valence-electron chi connectivity index (χ2n) is 4.85. The van der Waals surface area contributed by atoms with Gasteiger partial charge in [-0.05, 0) is 34.9 Å². The molecule has 7 heteroatoms. The van der Waals surface area contributed by atoms with Gasteiger partial charge in [0, 0.05) is 12.6 Å². The molecule has 1 N–H and O–H groups in total. The molecule has 2 aromatic rings. The zero-order valence-corrected chi connectivity index (χ0v) is 11.4. The summed E-state index contributed by atoms with van der Waals surface area (Å²) >= 11 is 0. The Balaban J connectivity index is 2.21. The summed E-state index contributed by atoms with van der Waals surface area (Å²) in [6.45, 7) is 4.73. The molecule has 0 aliphatic carbocycles. The van der Waals surface area contributed by atoms with Gasteiger partial charge in [0.1, 0.15) is 12.1 Å². The fourth-order valence-corrected chi connectivity index (χ4v) is 1.73. The first-order valence-electron chi connectivity index (χ1n) is 6.39. The van der Waals surface area contributed by atoms with Crippen molar-refractivity contribution in [2.45, 2.75) is 20.3 Å². The number of hydrogen-bond donors (Lipinski definition) is 1. The summed E-state index contributed by atoms with van der Waals surface area (Å²) in [6, 6.07) is 3.90. The number of tetrazole rings is 1. The average Bonchev–Trinajstić information content (AvgIpc) is 2.91. The quantitative estimate of drug-likeness (QED) is 0.900. The van der Waals surface area contributed by atoms with E-state index in [0.717, 1.165) is 6.42 Å². The first kappa shape index (κ1) is 14.1. The van der Waals surface area contributed by atoms with Crippen molar-refractivity contribution in [3.05, 3.63) is 35.9 Å². The fraction of sp³-hybridized carbons (Fsp3) is 0.385. The molecule has 0 spiro atoms. The van der Waals surface area contributed by atoms with E-state index in [1.807, 2.05) is 0 Å². The van der Waals surface area contributed by atoms with E-state index in [9.17, 15) is 9.18 Å². The number of benzene rings is 1. The summed E-state index contributed by atoms with van der Waals surface area (Å²) in [7, 11) is 0. The van der Waals surface area contributed by atoms with Crippen LogP contribution in [0.3, 0.4) is 0 Å². The number of carbonyl (C=O) groups is 1. The second kappa shape index (κ2) is 6.23. The van der Waals surface area contributed by atoms with E-state index in [2.05, 4.69) is 34.7 Å². The molecule has 0 fully saturated rings. The first-order valence-corrected chi connectivity index (χ1v) is 6.39. The molecule has 2 rings (SSSR count). The van der Waals surface area contributed by atoms with Crippen molar-refractivity contribution in [3.8, 4) is 5.69 Å². The van der Waals surface area contributed by atoms with Crippen molar-refractivity contribution < 1.29 is 9.18 Å². The Hall–Kier alpha value is -2.31.